The lowest BCUT2D eigenvalue weighted by molar-refractivity contribution is 0.198. The van der Waals surface area contributed by atoms with E-state index in [0.29, 0.717) is 6.04 Å². The van der Waals surface area contributed by atoms with E-state index >= 15 is 0 Å². The fraction of sp³-hybridized carbons (Fsp3) is 0.833. The minimum Gasteiger partial charge on any atom is -0.340 e. The summed E-state index contributed by atoms with van der Waals surface area (Å²) < 4.78 is 4.96. The van der Waals surface area contributed by atoms with Crippen molar-refractivity contribution in [2.75, 3.05) is 26.2 Å². The normalized spacial score (nSPS) is 18.6. The lowest BCUT2D eigenvalue weighted by atomic mass is 10.0. The van der Waals surface area contributed by atoms with Crippen molar-refractivity contribution >= 4 is 0 Å². The van der Waals surface area contributed by atoms with Gasteiger partial charge in [0.25, 0.3) is 0 Å². The molecule has 17 heavy (non-hydrogen) atoms. The van der Waals surface area contributed by atoms with Gasteiger partial charge in [0.15, 0.2) is 6.33 Å². The van der Waals surface area contributed by atoms with Gasteiger partial charge in [-0.05, 0) is 38.9 Å². The van der Waals surface area contributed by atoms with Gasteiger partial charge >= 0.3 is 0 Å². The molecule has 5 nitrogen and oxygen atoms in total. The number of piperidine rings is 1. The molecular formula is C12H22N4O. The zero-order valence-corrected chi connectivity index (χ0v) is 10.6. The predicted octanol–water partition coefficient (Wildman–Crippen LogP) is 1.08. The first kappa shape index (κ1) is 12.5. The molecule has 1 aliphatic heterocycles. The number of nitrogens with one attached hydrogen (secondary N) is 1. The van der Waals surface area contributed by atoms with Crippen LogP contribution in [0.25, 0.3) is 0 Å². The topological polar surface area (TPSA) is 54.2 Å². The van der Waals surface area contributed by atoms with Crippen molar-refractivity contribution in [1.29, 1.82) is 0 Å². The molecule has 0 atom stereocenters. The molecule has 0 radical (unpaired) electrons. The molecule has 0 bridgehead atoms. The van der Waals surface area contributed by atoms with E-state index in [2.05, 4.69) is 27.3 Å². The smallest absolute Gasteiger partial charge is 0.227 e. The fourth-order valence-corrected chi connectivity index (χ4v) is 2.37. The zero-order valence-electron chi connectivity index (χ0n) is 10.6. The van der Waals surface area contributed by atoms with Gasteiger partial charge in [-0.1, -0.05) is 12.1 Å². The molecule has 96 valence electrons. The van der Waals surface area contributed by atoms with Crippen LogP contribution in [0.3, 0.4) is 0 Å². The molecule has 1 aromatic heterocycles. The van der Waals surface area contributed by atoms with Crippen LogP contribution in [0, 0.1) is 0 Å². The summed E-state index contributed by atoms with van der Waals surface area (Å²) in [7, 11) is 0. The maximum Gasteiger partial charge on any atom is 0.227 e. The average molecular weight is 238 g/mol. The van der Waals surface area contributed by atoms with Crippen LogP contribution >= 0.6 is 0 Å². The highest BCUT2D eigenvalue weighted by molar-refractivity contribution is 4.80. The molecule has 1 aromatic rings. The van der Waals surface area contributed by atoms with Gasteiger partial charge in [-0.15, -0.1) is 0 Å². The number of hydrogen-bond acceptors (Lipinski definition) is 5. The second-order valence-electron chi connectivity index (χ2n) is 4.66. The molecule has 0 unspecified atom stereocenters. The molecule has 0 spiro atoms. The lowest BCUT2D eigenvalue weighted by Crippen LogP contribution is -2.43. The minimum absolute atomic E-state index is 0.658. The summed E-state index contributed by atoms with van der Waals surface area (Å²) in [6.45, 7) is 6.88. The molecule has 5 heteroatoms. The fourth-order valence-electron chi connectivity index (χ4n) is 2.37. The first-order valence-corrected chi connectivity index (χ1v) is 6.59. The molecule has 1 aliphatic rings. The van der Waals surface area contributed by atoms with Crippen molar-refractivity contribution in [3.8, 4) is 0 Å². The number of likely N-dealkylation sites (tertiary alicyclic amines) is 1. The summed E-state index contributed by atoms with van der Waals surface area (Å²) in [4.78, 5) is 6.56. The highest BCUT2D eigenvalue weighted by Gasteiger charge is 2.17. The number of rotatable bonds is 6. The van der Waals surface area contributed by atoms with E-state index < -0.39 is 0 Å². The first-order valence-electron chi connectivity index (χ1n) is 6.59. The summed E-state index contributed by atoms with van der Waals surface area (Å²) in [5.74, 6) is 0.723. The quantitative estimate of drug-likeness (QED) is 0.803. The first-order chi connectivity index (χ1) is 8.38. The van der Waals surface area contributed by atoms with Crippen molar-refractivity contribution < 1.29 is 4.52 Å². The van der Waals surface area contributed by atoms with Crippen molar-refractivity contribution in [3.63, 3.8) is 0 Å². The Morgan fingerprint density at radius 3 is 2.94 bits per heavy atom. The Morgan fingerprint density at radius 1 is 1.47 bits per heavy atom. The average Bonchev–Trinajstić information content (AvgIpc) is 2.85. The summed E-state index contributed by atoms with van der Waals surface area (Å²) in [6.07, 6.45) is 6.05. The minimum atomic E-state index is 0.658. The van der Waals surface area contributed by atoms with Crippen LogP contribution in [0.4, 0.5) is 0 Å². The number of hydrogen-bond donors (Lipinski definition) is 1. The van der Waals surface area contributed by atoms with Crippen LogP contribution in [0.1, 0.15) is 32.1 Å². The van der Waals surface area contributed by atoms with Crippen molar-refractivity contribution in [2.24, 2.45) is 0 Å². The lowest BCUT2D eigenvalue weighted by Gasteiger charge is -2.32. The monoisotopic (exact) mass is 238 g/mol. The Hall–Kier alpha value is -0.940. The Bertz CT molecular complexity index is 293. The van der Waals surface area contributed by atoms with Crippen LogP contribution in [-0.4, -0.2) is 47.3 Å². The van der Waals surface area contributed by atoms with Gasteiger partial charge in [0.1, 0.15) is 0 Å². The second kappa shape index (κ2) is 6.71. The summed E-state index contributed by atoms with van der Waals surface area (Å²) in [5, 5.41) is 7.17. The van der Waals surface area contributed by atoms with Gasteiger partial charge < -0.3 is 14.7 Å². The SMILES string of the molecule is CCCN1CCC(NCCc2ncno2)CC1. The Morgan fingerprint density at radius 2 is 2.29 bits per heavy atom. The largest absolute Gasteiger partial charge is 0.340 e. The van der Waals surface area contributed by atoms with Crippen LogP contribution in [0.5, 0.6) is 0 Å². The summed E-state index contributed by atoms with van der Waals surface area (Å²) in [5.41, 5.74) is 0. The van der Waals surface area contributed by atoms with E-state index in [-0.39, 0.29) is 0 Å². The van der Waals surface area contributed by atoms with E-state index in [1.807, 2.05) is 0 Å². The van der Waals surface area contributed by atoms with Crippen molar-refractivity contribution in [1.82, 2.24) is 20.4 Å². The van der Waals surface area contributed by atoms with Gasteiger partial charge in [-0.2, -0.15) is 4.98 Å². The third kappa shape index (κ3) is 4.09. The van der Waals surface area contributed by atoms with E-state index in [4.69, 9.17) is 4.52 Å². The molecule has 0 amide bonds. The molecule has 0 saturated carbocycles. The van der Waals surface area contributed by atoms with Gasteiger partial charge in [0.05, 0.1) is 0 Å². The van der Waals surface area contributed by atoms with Gasteiger partial charge in [0.2, 0.25) is 5.89 Å². The summed E-state index contributed by atoms with van der Waals surface area (Å²) >= 11 is 0. The van der Waals surface area contributed by atoms with Gasteiger partial charge in [-0.3, -0.25) is 0 Å². The third-order valence-corrected chi connectivity index (χ3v) is 3.31. The maximum atomic E-state index is 4.96. The predicted molar refractivity (Wildman–Crippen MR) is 65.8 cm³/mol. The Balaban J connectivity index is 1.58. The standard InChI is InChI=1S/C12H22N4O/c1-2-7-16-8-4-11(5-9-16)13-6-3-12-14-10-15-17-12/h10-11,13H,2-9H2,1H3. The van der Waals surface area contributed by atoms with Crippen LogP contribution in [0.2, 0.25) is 0 Å². The molecule has 2 rings (SSSR count). The molecular weight excluding hydrogens is 216 g/mol. The molecule has 1 N–H and O–H groups in total. The van der Waals surface area contributed by atoms with Crippen molar-refractivity contribution in [2.45, 2.75) is 38.6 Å². The van der Waals surface area contributed by atoms with Crippen molar-refractivity contribution in [3.05, 3.63) is 12.2 Å². The molecule has 0 aromatic carbocycles. The summed E-state index contributed by atoms with van der Waals surface area (Å²) in [6, 6.07) is 0.658. The van der Waals surface area contributed by atoms with Crippen LogP contribution < -0.4 is 5.32 Å². The van der Waals surface area contributed by atoms with E-state index in [0.717, 1.165) is 18.9 Å². The van der Waals surface area contributed by atoms with E-state index in [1.54, 1.807) is 0 Å². The number of nitrogens with zero attached hydrogens (tertiary/aromatic N) is 3. The Labute approximate surface area is 103 Å². The highest BCUT2D eigenvalue weighted by Crippen LogP contribution is 2.10. The molecule has 2 heterocycles. The van der Waals surface area contributed by atoms with Gasteiger partial charge in [0, 0.05) is 19.0 Å². The molecule has 0 aliphatic carbocycles. The van der Waals surface area contributed by atoms with E-state index in [1.165, 1.54) is 45.2 Å². The van der Waals surface area contributed by atoms with Crippen LogP contribution in [-0.2, 0) is 6.42 Å². The Kier molecular flexibility index (Phi) is 4.94. The molecule has 1 saturated heterocycles. The second-order valence-corrected chi connectivity index (χ2v) is 4.66. The zero-order chi connectivity index (χ0) is 11.9. The maximum absolute atomic E-state index is 4.96. The van der Waals surface area contributed by atoms with Gasteiger partial charge in [-0.25, -0.2) is 0 Å². The number of aromatic nitrogens is 2. The third-order valence-electron chi connectivity index (χ3n) is 3.31. The van der Waals surface area contributed by atoms with E-state index in [9.17, 15) is 0 Å². The highest BCUT2D eigenvalue weighted by atomic mass is 16.5. The molecule has 1 fully saturated rings. The van der Waals surface area contributed by atoms with Crippen LogP contribution in [0.15, 0.2) is 10.9 Å².